The highest BCUT2D eigenvalue weighted by molar-refractivity contribution is 5.49. The van der Waals surface area contributed by atoms with Crippen molar-refractivity contribution in [2.45, 2.75) is 26.3 Å². The summed E-state index contributed by atoms with van der Waals surface area (Å²) in [6.07, 6.45) is 2.20. The van der Waals surface area contributed by atoms with Crippen molar-refractivity contribution in [1.82, 2.24) is 10.1 Å². The highest BCUT2D eigenvalue weighted by Gasteiger charge is 2.14. The Bertz CT molecular complexity index is 445. The fourth-order valence-electron chi connectivity index (χ4n) is 1.31. The number of aryl methyl sites for hydroxylation is 1. The number of aromatic nitrogens is 2. The van der Waals surface area contributed by atoms with Gasteiger partial charge in [-0.25, -0.2) is 0 Å². The minimum absolute atomic E-state index is 0.0214. The average molecular weight is 207 g/mol. The molecule has 80 valence electrons. The number of nitrogens with two attached hydrogens (primary N) is 1. The second kappa shape index (κ2) is 3.86. The number of furan rings is 1. The number of rotatable bonds is 3. The van der Waals surface area contributed by atoms with E-state index >= 15 is 0 Å². The van der Waals surface area contributed by atoms with Gasteiger partial charge < -0.3 is 14.7 Å². The van der Waals surface area contributed by atoms with Gasteiger partial charge in [0.25, 0.3) is 5.89 Å². The molecule has 5 nitrogen and oxygen atoms in total. The van der Waals surface area contributed by atoms with Crippen molar-refractivity contribution in [2.24, 2.45) is 5.73 Å². The Labute approximate surface area is 87.3 Å². The average Bonchev–Trinajstić information content (AvgIpc) is 2.72. The zero-order valence-electron chi connectivity index (χ0n) is 8.73. The topological polar surface area (TPSA) is 78.1 Å². The highest BCUT2D eigenvalue weighted by Crippen LogP contribution is 2.22. The van der Waals surface area contributed by atoms with E-state index in [1.54, 1.807) is 6.26 Å². The van der Waals surface area contributed by atoms with Crippen LogP contribution in [0.2, 0.25) is 0 Å². The van der Waals surface area contributed by atoms with Crippen LogP contribution < -0.4 is 5.73 Å². The molecule has 0 spiro atoms. The van der Waals surface area contributed by atoms with E-state index in [1.165, 1.54) is 0 Å². The first-order valence-corrected chi connectivity index (χ1v) is 4.79. The first-order valence-electron chi connectivity index (χ1n) is 4.79. The van der Waals surface area contributed by atoms with E-state index in [9.17, 15) is 0 Å². The molecular formula is C10H13N3O2. The second-order valence-electron chi connectivity index (χ2n) is 3.63. The lowest BCUT2D eigenvalue weighted by molar-refractivity contribution is 0.407. The van der Waals surface area contributed by atoms with Crippen LogP contribution in [0.15, 0.2) is 21.3 Å². The van der Waals surface area contributed by atoms with Gasteiger partial charge >= 0.3 is 0 Å². The van der Waals surface area contributed by atoms with Gasteiger partial charge in [-0.2, -0.15) is 4.98 Å². The lowest BCUT2D eigenvalue weighted by Gasteiger charge is -1.96. The molecule has 15 heavy (non-hydrogen) atoms. The van der Waals surface area contributed by atoms with Gasteiger partial charge in [0.15, 0.2) is 11.6 Å². The molecule has 2 heterocycles. The predicted octanol–water partition coefficient (Wildman–Crippen LogP) is 1.53. The minimum Gasteiger partial charge on any atom is -0.459 e. The smallest absolute Gasteiger partial charge is 0.293 e. The third kappa shape index (κ3) is 2.07. The van der Waals surface area contributed by atoms with Crippen molar-refractivity contribution in [3.8, 4) is 11.7 Å². The van der Waals surface area contributed by atoms with Crippen LogP contribution in [0.1, 0.15) is 18.3 Å². The summed E-state index contributed by atoms with van der Waals surface area (Å²) >= 11 is 0. The molecule has 5 heteroatoms. The second-order valence-corrected chi connectivity index (χ2v) is 3.63. The molecule has 2 aromatic rings. The number of nitrogens with zero attached hydrogens (tertiary/aromatic N) is 2. The third-order valence-corrected chi connectivity index (χ3v) is 2.03. The lowest BCUT2D eigenvalue weighted by Crippen LogP contribution is -2.18. The van der Waals surface area contributed by atoms with E-state index in [2.05, 4.69) is 10.1 Å². The van der Waals surface area contributed by atoms with E-state index in [0.717, 1.165) is 5.56 Å². The number of hydrogen-bond donors (Lipinski definition) is 1. The van der Waals surface area contributed by atoms with Crippen LogP contribution in [-0.4, -0.2) is 16.2 Å². The van der Waals surface area contributed by atoms with Crippen molar-refractivity contribution >= 4 is 0 Å². The molecule has 0 fully saturated rings. The summed E-state index contributed by atoms with van der Waals surface area (Å²) in [7, 11) is 0. The Kier molecular flexibility index (Phi) is 2.55. The standard InChI is InChI=1S/C10H13N3O2/c1-6-3-4-14-9(6)10-12-8(13-15-10)5-7(2)11/h3-4,7H,5,11H2,1-2H3. The third-order valence-electron chi connectivity index (χ3n) is 2.03. The van der Waals surface area contributed by atoms with Crippen LogP contribution in [0.3, 0.4) is 0 Å². The van der Waals surface area contributed by atoms with Crippen LogP contribution in [0.4, 0.5) is 0 Å². The maximum Gasteiger partial charge on any atom is 0.293 e. The normalized spacial score (nSPS) is 13.0. The van der Waals surface area contributed by atoms with Gasteiger partial charge in [0.05, 0.1) is 6.26 Å². The van der Waals surface area contributed by atoms with Crippen molar-refractivity contribution < 1.29 is 8.94 Å². The van der Waals surface area contributed by atoms with E-state index < -0.39 is 0 Å². The molecule has 2 aromatic heterocycles. The summed E-state index contributed by atoms with van der Waals surface area (Å²) in [4.78, 5) is 4.20. The van der Waals surface area contributed by atoms with Crippen molar-refractivity contribution in [2.75, 3.05) is 0 Å². The Morgan fingerprint density at radius 1 is 1.53 bits per heavy atom. The Balaban J connectivity index is 2.24. The Morgan fingerprint density at radius 2 is 2.33 bits per heavy atom. The molecule has 0 saturated carbocycles. The molecule has 0 saturated heterocycles. The maximum absolute atomic E-state index is 5.64. The van der Waals surface area contributed by atoms with Gasteiger partial charge in [0.2, 0.25) is 0 Å². The maximum atomic E-state index is 5.64. The molecule has 0 bridgehead atoms. The van der Waals surface area contributed by atoms with Crippen LogP contribution in [0.5, 0.6) is 0 Å². The molecule has 0 aliphatic carbocycles. The van der Waals surface area contributed by atoms with Gasteiger partial charge in [-0.15, -0.1) is 0 Å². The fourth-order valence-corrected chi connectivity index (χ4v) is 1.31. The van der Waals surface area contributed by atoms with Crippen LogP contribution >= 0.6 is 0 Å². The SMILES string of the molecule is Cc1ccoc1-c1nc(CC(C)N)no1. The predicted molar refractivity (Wildman–Crippen MR) is 54.1 cm³/mol. The Hall–Kier alpha value is -1.62. The summed E-state index contributed by atoms with van der Waals surface area (Å²) in [6, 6.07) is 1.87. The largest absolute Gasteiger partial charge is 0.459 e. The highest BCUT2D eigenvalue weighted by atomic mass is 16.5. The molecule has 0 aliphatic heterocycles. The zero-order valence-corrected chi connectivity index (χ0v) is 8.73. The summed E-state index contributed by atoms with van der Waals surface area (Å²) in [5.41, 5.74) is 6.61. The van der Waals surface area contributed by atoms with E-state index in [-0.39, 0.29) is 6.04 Å². The zero-order chi connectivity index (χ0) is 10.8. The van der Waals surface area contributed by atoms with Crippen molar-refractivity contribution in [1.29, 1.82) is 0 Å². The van der Waals surface area contributed by atoms with Gasteiger partial charge in [-0.3, -0.25) is 0 Å². The fraction of sp³-hybridized carbons (Fsp3) is 0.400. The molecular weight excluding hydrogens is 194 g/mol. The molecule has 2 rings (SSSR count). The molecule has 0 radical (unpaired) electrons. The Morgan fingerprint density at radius 3 is 2.93 bits per heavy atom. The summed E-state index contributed by atoms with van der Waals surface area (Å²) in [5.74, 6) is 1.64. The van der Waals surface area contributed by atoms with E-state index in [4.69, 9.17) is 14.7 Å². The van der Waals surface area contributed by atoms with E-state index in [1.807, 2.05) is 19.9 Å². The summed E-state index contributed by atoms with van der Waals surface area (Å²) in [6.45, 7) is 3.82. The van der Waals surface area contributed by atoms with Gasteiger partial charge in [-0.1, -0.05) is 5.16 Å². The van der Waals surface area contributed by atoms with E-state index in [0.29, 0.717) is 23.9 Å². The monoisotopic (exact) mass is 207 g/mol. The first kappa shape index (κ1) is 9.92. The molecule has 1 atom stereocenters. The first-order chi connectivity index (χ1) is 7.16. The van der Waals surface area contributed by atoms with Gasteiger partial charge in [0, 0.05) is 18.0 Å². The summed E-state index contributed by atoms with van der Waals surface area (Å²) in [5, 5.41) is 3.83. The lowest BCUT2D eigenvalue weighted by atomic mass is 10.2. The van der Waals surface area contributed by atoms with Crippen molar-refractivity contribution in [3.05, 3.63) is 23.7 Å². The van der Waals surface area contributed by atoms with Gasteiger partial charge in [0.1, 0.15) is 0 Å². The molecule has 2 N–H and O–H groups in total. The molecule has 1 unspecified atom stereocenters. The van der Waals surface area contributed by atoms with Crippen LogP contribution in [0.25, 0.3) is 11.7 Å². The molecule has 0 amide bonds. The molecule has 0 aliphatic rings. The quantitative estimate of drug-likeness (QED) is 0.825. The van der Waals surface area contributed by atoms with Crippen molar-refractivity contribution in [3.63, 3.8) is 0 Å². The summed E-state index contributed by atoms with van der Waals surface area (Å²) < 4.78 is 10.3. The van der Waals surface area contributed by atoms with Crippen LogP contribution in [-0.2, 0) is 6.42 Å². The van der Waals surface area contributed by atoms with Gasteiger partial charge in [-0.05, 0) is 19.9 Å². The molecule has 0 aromatic carbocycles. The minimum atomic E-state index is 0.0214. The van der Waals surface area contributed by atoms with Crippen LogP contribution in [0, 0.1) is 6.92 Å². The number of hydrogen-bond acceptors (Lipinski definition) is 5.